The van der Waals surface area contributed by atoms with E-state index in [1.54, 1.807) is 0 Å². The van der Waals surface area contributed by atoms with Crippen LogP contribution < -0.4 is 5.32 Å². The number of nitrogens with one attached hydrogen (secondary N) is 1. The number of phenols is 2. The molecule has 0 unspecified atom stereocenters. The predicted octanol–water partition coefficient (Wildman–Crippen LogP) is 3.18. The fourth-order valence-electron chi connectivity index (χ4n) is 2.64. The molecular formula is C20H23NO4. The number of rotatable bonds is 9. The van der Waals surface area contributed by atoms with Crippen molar-refractivity contribution in [3.63, 3.8) is 0 Å². The third-order valence-corrected chi connectivity index (χ3v) is 4.01. The van der Waals surface area contributed by atoms with Crippen LogP contribution in [0, 0.1) is 0 Å². The quantitative estimate of drug-likeness (QED) is 0.371. The summed E-state index contributed by atoms with van der Waals surface area (Å²) < 4.78 is 0. The van der Waals surface area contributed by atoms with E-state index in [0.717, 1.165) is 31.1 Å². The minimum atomic E-state index is -0.281. The Hall–Kier alpha value is -2.82. The van der Waals surface area contributed by atoms with E-state index in [1.807, 2.05) is 30.3 Å². The fourth-order valence-corrected chi connectivity index (χ4v) is 2.64. The molecule has 0 aliphatic rings. The topological polar surface area (TPSA) is 86.6 Å². The minimum absolute atomic E-state index is 0.239. The molecule has 0 bridgehead atoms. The number of amides is 1. The summed E-state index contributed by atoms with van der Waals surface area (Å²) in [5.41, 5.74) is 1.70. The Balaban J connectivity index is 2.07. The van der Waals surface area contributed by atoms with Crippen molar-refractivity contribution >= 4 is 12.2 Å². The lowest BCUT2D eigenvalue weighted by molar-refractivity contribution is -0.107. The van der Waals surface area contributed by atoms with E-state index in [1.165, 1.54) is 12.1 Å². The molecule has 0 saturated carbocycles. The highest BCUT2D eigenvalue weighted by molar-refractivity contribution is 5.96. The predicted molar refractivity (Wildman–Crippen MR) is 95.9 cm³/mol. The van der Waals surface area contributed by atoms with Crippen LogP contribution in [0.25, 0.3) is 0 Å². The van der Waals surface area contributed by atoms with Gasteiger partial charge in [-0.2, -0.15) is 0 Å². The Kier molecular flexibility index (Phi) is 7.01. The first-order valence-electron chi connectivity index (χ1n) is 8.43. The van der Waals surface area contributed by atoms with Crippen LogP contribution in [0.15, 0.2) is 42.5 Å². The van der Waals surface area contributed by atoms with E-state index in [2.05, 4.69) is 5.32 Å². The van der Waals surface area contributed by atoms with Crippen molar-refractivity contribution in [2.75, 3.05) is 6.54 Å². The van der Waals surface area contributed by atoms with Crippen molar-refractivity contribution in [1.29, 1.82) is 0 Å². The highest BCUT2D eigenvalue weighted by Crippen LogP contribution is 2.33. The Morgan fingerprint density at radius 3 is 2.48 bits per heavy atom. The number of benzene rings is 2. The molecule has 2 aromatic rings. The summed E-state index contributed by atoms with van der Waals surface area (Å²) in [6.07, 6.45) is 4.27. The van der Waals surface area contributed by atoms with Gasteiger partial charge in [0.05, 0.1) is 0 Å². The molecule has 0 aliphatic heterocycles. The van der Waals surface area contributed by atoms with Crippen molar-refractivity contribution in [1.82, 2.24) is 5.32 Å². The highest BCUT2D eigenvalue weighted by atomic mass is 16.3. The first-order valence-corrected chi connectivity index (χ1v) is 8.43. The number of aromatic hydroxyl groups is 2. The van der Waals surface area contributed by atoms with Gasteiger partial charge in [-0.15, -0.1) is 0 Å². The Bertz CT molecular complexity index is 713. The number of hydrogen-bond donors (Lipinski definition) is 3. The molecule has 25 heavy (non-hydrogen) atoms. The van der Waals surface area contributed by atoms with Gasteiger partial charge in [-0.25, -0.2) is 0 Å². The van der Waals surface area contributed by atoms with E-state index >= 15 is 0 Å². The molecule has 0 aromatic heterocycles. The van der Waals surface area contributed by atoms with Crippen LogP contribution in [0.5, 0.6) is 11.5 Å². The number of carbonyl (C=O) groups excluding carboxylic acids is 2. The number of aldehydes is 1. The molecule has 0 atom stereocenters. The molecular weight excluding hydrogens is 318 g/mol. The maximum atomic E-state index is 12.4. The maximum absolute atomic E-state index is 12.4. The van der Waals surface area contributed by atoms with Gasteiger partial charge in [-0.3, -0.25) is 4.79 Å². The van der Waals surface area contributed by atoms with Gasteiger partial charge in [0, 0.05) is 30.5 Å². The second-order valence-electron chi connectivity index (χ2n) is 5.89. The zero-order valence-corrected chi connectivity index (χ0v) is 14.1. The molecule has 1 amide bonds. The van der Waals surface area contributed by atoms with Crippen molar-refractivity contribution in [3.8, 4) is 11.5 Å². The number of unbranched alkanes of at least 4 members (excludes halogenated alkanes) is 3. The van der Waals surface area contributed by atoms with Gasteiger partial charge in [0.1, 0.15) is 6.29 Å². The van der Waals surface area contributed by atoms with Crippen LogP contribution in [0.1, 0.15) is 47.2 Å². The third kappa shape index (κ3) is 5.35. The van der Waals surface area contributed by atoms with E-state index in [-0.39, 0.29) is 17.4 Å². The van der Waals surface area contributed by atoms with Gasteiger partial charge in [-0.05, 0) is 30.5 Å². The SMILES string of the molecule is O=CCCCCCNC(=O)c1ccc(O)c(O)c1Cc1ccccc1. The lowest BCUT2D eigenvalue weighted by atomic mass is 9.97. The Morgan fingerprint density at radius 2 is 1.76 bits per heavy atom. The summed E-state index contributed by atoms with van der Waals surface area (Å²) in [5.74, 6) is -0.782. The second kappa shape index (κ2) is 9.47. The summed E-state index contributed by atoms with van der Waals surface area (Å²) in [4.78, 5) is 22.7. The molecule has 0 spiro atoms. The van der Waals surface area contributed by atoms with Gasteiger partial charge in [0.2, 0.25) is 0 Å². The minimum Gasteiger partial charge on any atom is -0.504 e. The summed E-state index contributed by atoms with van der Waals surface area (Å²) >= 11 is 0. The lowest BCUT2D eigenvalue weighted by Gasteiger charge is -2.13. The van der Waals surface area contributed by atoms with Crippen molar-refractivity contribution < 1.29 is 19.8 Å². The zero-order chi connectivity index (χ0) is 18.1. The average Bonchev–Trinajstić information content (AvgIpc) is 2.63. The van der Waals surface area contributed by atoms with Crippen LogP contribution in [0.3, 0.4) is 0 Å². The monoisotopic (exact) mass is 341 g/mol. The van der Waals surface area contributed by atoms with Gasteiger partial charge in [0.15, 0.2) is 11.5 Å². The molecule has 0 radical (unpaired) electrons. The lowest BCUT2D eigenvalue weighted by Crippen LogP contribution is -2.25. The largest absolute Gasteiger partial charge is 0.504 e. The summed E-state index contributed by atoms with van der Waals surface area (Å²) in [5, 5.41) is 22.8. The molecule has 2 aromatic carbocycles. The van der Waals surface area contributed by atoms with Crippen molar-refractivity contribution in [2.24, 2.45) is 0 Å². The van der Waals surface area contributed by atoms with Gasteiger partial charge < -0.3 is 20.3 Å². The molecule has 3 N–H and O–H groups in total. The molecule has 0 heterocycles. The van der Waals surface area contributed by atoms with Crippen LogP contribution >= 0.6 is 0 Å². The Morgan fingerprint density at radius 1 is 1.00 bits per heavy atom. The first-order chi connectivity index (χ1) is 12.1. The van der Waals surface area contributed by atoms with Crippen molar-refractivity contribution in [3.05, 3.63) is 59.2 Å². The fraction of sp³-hybridized carbons (Fsp3) is 0.300. The molecule has 0 aliphatic carbocycles. The number of hydrogen-bond acceptors (Lipinski definition) is 4. The van der Waals surface area contributed by atoms with Crippen molar-refractivity contribution in [2.45, 2.75) is 32.1 Å². The second-order valence-corrected chi connectivity index (χ2v) is 5.89. The average molecular weight is 341 g/mol. The molecule has 0 fully saturated rings. The standard InChI is InChI=1S/C20H23NO4/c22-13-7-2-1-6-12-21-20(25)16-10-11-18(23)19(24)17(16)14-15-8-4-3-5-9-15/h3-5,8-11,13,23-24H,1-2,6-7,12,14H2,(H,21,25). The molecule has 5 heteroatoms. The Labute approximate surface area is 147 Å². The maximum Gasteiger partial charge on any atom is 0.251 e. The zero-order valence-electron chi connectivity index (χ0n) is 14.1. The van der Waals surface area contributed by atoms with Crippen LogP contribution in [-0.2, 0) is 11.2 Å². The molecule has 132 valence electrons. The third-order valence-electron chi connectivity index (χ3n) is 4.01. The summed E-state index contributed by atoms with van der Waals surface area (Å²) in [6, 6.07) is 12.3. The van der Waals surface area contributed by atoms with E-state index in [9.17, 15) is 19.8 Å². The molecule has 2 rings (SSSR count). The van der Waals surface area contributed by atoms with Crippen LogP contribution in [0.2, 0.25) is 0 Å². The smallest absolute Gasteiger partial charge is 0.251 e. The van der Waals surface area contributed by atoms with E-state index in [4.69, 9.17) is 0 Å². The van der Waals surface area contributed by atoms with Gasteiger partial charge in [-0.1, -0.05) is 36.8 Å². The molecule has 5 nitrogen and oxygen atoms in total. The van der Waals surface area contributed by atoms with Gasteiger partial charge >= 0.3 is 0 Å². The first kappa shape index (κ1) is 18.5. The van der Waals surface area contributed by atoms with Gasteiger partial charge in [0.25, 0.3) is 5.91 Å². The van der Waals surface area contributed by atoms with E-state index < -0.39 is 0 Å². The summed E-state index contributed by atoms with van der Waals surface area (Å²) in [6.45, 7) is 0.504. The molecule has 0 saturated heterocycles. The van der Waals surface area contributed by atoms with Crippen LogP contribution in [0.4, 0.5) is 0 Å². The van der Waals surface area contributed by atoms with Crippen LogP contribution in [-0.4, -0.2) is 29.0 Å². The number of phenolic OH excluding ortho intramolecular Hbond substituents is 2. The number of carbonyl (C=O) groups is 2. The van der Waals surface area contributed by atoms with E-state index in [0.29, 0.717) is 30.5 Å². The normalized spacial score (nSPS) is 10.4. The summed E-state index contributed by atoms with van der Waals surface area (Å²) in [7, 11) is 0. The highest BCUT2D eigenvalue weighted by Gasteiger charge is 2.17.